The predicted molar refractivity (Wildman–Crippen MR) is 71.3 cm³/mol. The van der Waals surface area contributed by atoms with Crippen LogP contribution in [0, 0.1) is 17.5 Å². The van der Waals surface area contributed by atoms with Crippen molar-refractivity contribution in [2.24, 2.45) is 0 Å². The molecule has 2 N–H and O–H groups in total. The van der Waals surface area contributed by atoms with E-state index in [1.54, 1.807) is 4.72 Å². The summed E-state index contributed by atoms with van der Waals surface area (Å²) in [5.41, 5.74) is -0.782. The Labute approximate surface area is 126 Å². The zero-order chi connectivity index (χ0) is 16.5. The molecule has 0 bridgehead atoms. The first kappa shape index (κ1) is 16.2. The molecular formula is C10H7F3N4O3S2. The Hall–Kier alpha value is -2.21. The SMILES string of the molecule is CC(=O)Nc1nnc(S(=O)(=O)Nc2ccc(F)c(F)c2F)s1. The summed E-state index contributed by atoms with van der Waals surface area (Å²) in [6.07, 6.45) is 0. The Morgan fingerprint density at radius 2 is 1.86 bits per heavy atom. The van der Waals surface area contributed by atoms with Crippen LogP contribution in [-0.2, 0) is 14.8 Å². The number of amides is 1. The summed E-state index contributed by atoms with van der Waals surface area (Å²) in [6, 6.07) is 1.29. The fourth-order valence-corrected chi connectivity index (χ4v) is 3.32. The van der Waals surface area contributed by atoms with Gasteiger partial charge in [-0.2, -0.15) is 8.42 Å². The van der Waals surface area contributed by atoms with Crippen LogP contribution in [0.5, 0.6) is 0 Å². The number of nitrogens with zero attached hydrogens (tertiary/aromatic N) is 2. The van der Waals surface area contributed by atoms with Crippen molar-refractivity contribution in [2.75, 3.05) is 10.0 Å². The maximum atomic E-state index is 13.5. The minimum absolute atomic E-state index is 0.0846. The quantitative estimate of drug-likeness (QED) is 0.644. The number of benzene rings is 1. The minimum Gasteiger partial charge on any atom is -0.301 e. The van der Waals surface area contributed by atoms with E-state index in [4.69, 9.17) is 0 Å². The van der Waals surface area contributed by atoms with Crippen molar-refractivity contribution in [3.05, 3.63) is 29.6 Å². The number of sulfonamides is 1. The van der Waals surface area contributed by atoms with E-state index in [1.807, 2.05) is 0 Å². The van der Waals surface area contributed by atoms with Gasteiger partial charge in [0.15, 0.2) is 17.5 Å². The minimum atomic E-state index is -4.37. The van der Waals surface area contributed by atoms with Gasteiger partial charge in [-0.05, 0) is 12.1 Å². The molecule has 2 aromatic rings. The van der Waals surface area contributed by atoms with Crippen LogP contribution in [-0.4, -0.2) is 24.5 Å². The molecule has 0 spiro atoms. The average molecular weight is 352 g/mol. The molecule has 0 unspecified atom stereocenters. The molecule has 1 aromatic heterocycles. The molecule has 1 amide bonds. The summed E-state index contributed by atoms with van der Waals surface area (Å²) in [6.45, 7) is 1.19. The molecule has 0 aliphatic carbocycles. The summed E-state index contributed by atoms with van der Waals surface area (Å²) in [5.74, 6) is -5.43. The highest BCUT2D eigenvalue weighted by Gasteiger charge is 2.24. The second-order valence-electron chi connectivity index (χ2n) is 3.88. The monoisotopic (exact) mass is 352 g/mol. The van der Waals surface area contributed by atoms with Gasteiger partial charge in [-0.25, -0.2) is 13.2 Å². The van der Waals surface area contributed by atoms with Crippen LogP contribution in [0.15, 0.2) is 16.5 Å². The Bertz CT molecular complexity index is 838. The number of rotatable bonds is 4. The number of hydrogen-bond acceptors (Lipinski definition) is 6. The van der Waals surface area contributed by atoms with Gasteiger partial charge in [0.25, 0.3) is 14.4 Å². The molecule has 22 heavy (non-hydrogen) atoms. The Morgan fingerprint density at radius 3 is 2.50 bits per heavy atom. The van der Waals surface area contributed by atoms with Gasteiger partial charge in [0.2, 0.25) is 11.0 Å². The van der Waals surface area contributed by atoms with Crippen LogP contribution in [0.2, 0.25) is 0 Å². The molecule has 1 heterocycles. The first-order valence-corrected chi connectivity index (χ1v) is 7.78. The van der Waals surface area contributed by atoms with Crippen molar-refractivity contribution in [1.82, 2.24) is 10.2 Å². The van der Waals surface area contributed by atoms with Crippen molar-refractivity contribution in [3.8, 4) is 0 Å². The summed E-state index contributed by atoms with van der Waals surface area (Å²) >= 11 is 0.506. The summed E-state index contributed by atoms with van der Waals surface area (Å²) in [5, 5.41) is 8.86. The normalized spacial score (nSPS) is 11.3. The van der Waals surface area contributed by atoms with Crippen molar-refractivity contribution < 1.29 is 26.4 Å². The zero-order valence-corrected chi connectivity index (χ0v) is 12.4. The molecule has 7 nitrogen and oxygen atoms in total. The van der Waals surface area contributed by atoms with Gasteiger partial charge in [-0.3, -0.25) is 9.52 Å². The third kappa shape index (κ3) is 3.33. The number of anilines is 2. The largest absolute Gasteiger partial charge is 0.301 e. The van der Waals surface area contributed by atoms with Crippen molar-refractivity contribution >= 4 is 38.1 Å². The number of carbonyl (C=O) groups is 1. The van der Waals surface area contributed by atoms with Gasteiger partial charge in [-0.1, -0.05) is 11.3 Å². The molecule has 0 saturated carbocycles. The van der Waals surface area contributed by atoms with Gasteiger partial charge >= 0.3 is 0 Å². The van der Waals surface area contributed by atoms with E-state index in [2.05, 4.69) is 15.5 Å². The van der Waals surface area contributed by atoms with Gasteiger partial charge in [0, 0.05) is 6.92 Å². The van der Waals surface area contributed by atoms with E-state index in [0.29, 0.717) is 17.4 Å². The first-order chi connectivity index (χ1) is 10.2. The molecule has 0 atom stereocenters. The van der Waals surface area contributed by atoms with E-state index in [-0.39, 0.29) is 5.13 Å². The van der Waals surface area contributed by atoms with E-state index in [9.17, 15) is 26.4 Å². The lowest BCUT2D eigenvalue weighted by Crippen LogP contribution is -2.14. The van der Waals surface area contributed by atoms with Gasteiger partial charge in [-0.15, -0.1) is 10.2 Å². The van der Waals surface area contributed by atoms with Gasteiger partial charge < -0.3 is 5.32 Å². The fourth-order valence-electron chi connectivity index (χ4n) is 1.31. The van der Waals surface area contributed by atoms with E-state index in [1.165, 1.54) is 6.92 Å². The number of halogens is 3. The van der Waals surface area contributed by atoms with Crippen LogP contribution in [0.3, 0.4) is 0 Å². The van der Waals surface area contributed by atoms with E-state index < -0.39 is 43.4 Å². The lowest BCUT2D eigenvalue weighted by Gasteiger charge is -2.06. The van der Waals surface area contributed by atoms with Crippen LogP contribution in [0.25, 0.3) is 0 Å². The maximum absolute atomic E-state index is 13.5. The Morgan fingerprint density at radius 1 is 1.18 bits per heavy atom. The Balaban J connectivity index is 2.30. The van der Waals surface area contributed by atoms with Crippen LogP contribution in [0.4, 0.5) is 24.0 Å². The number of nitrogens with one attached hydrogen (secondary N) is 2. The molecule has 0 aliphatic rings. The third-order valence-electron chi connectivity index (χ3n) is 2.20. The predicted octanol–water partition coefficient (Wildman–Crippen LogP) is 1.71. The maximum Gasteiger partial charge on any atom is 0.291 e. The van der Waals surface area contributed by atoms with E-state index in [0.717, 1.165) is 6.07 Å². The average Bonchev–Trinajstić information content (AvgIpc) is 2.88. The number of carbonyl (C=O) groups excluding carboxylic acids is 1. The van der Waals surface area contributed by atoms with Gasteiger partial charge in [0.05, 0.1) is 5.69 Å². The summed E-state index contributed by atoms with van der Waals surface area (Å²) in [4.78, 5) is 10.8. The van der Waals surface area contributed by atoms with Crippen molar-refractivity contribution in [2.45, 2.75) is 11.3 Å². The lowest BCUT2D eigenvalue weighted by molar-refractivity contribution is -0.114. The third-order valence-corrected chi connectivity index (χ3v) is 4.77. The summed E-state index contributed by atoms with van der Waals surface area (Å²) < 4.78 is 64.3. The molecule has 0 aliphatic heterocycles. The highest BCUT2D eigenvalue weighted by molar-refractivity contribution is 7.94. The van der Waals surface area contributed by atoms with Crippen LogP contribution < -0.4 is 10.0 Å². The smallest absolute Gasteiger partial charge is 0.291 e. The van der Waals surface area contributed by atoms with Crippen molar-refractivity contribution in [3.63, 3.8) is 0 Å². The molecule has 0 fully saturated rings. The molecule has 0 saturated heterocycles. The molecule has 2 rings (SSSR count). The molecule has 118 valence electrons. The highest BCUT2D eigenvalue weighted by atomic mass is 32.2. The molecule has 1 aromatic carbocycles. The second-order valence-corrected chi connectivity index (χ2v) is 6.72. The van der Waals surface area contributed by atoms with Crippen LogP contribution >= 0.6 is 11.3 Å². The number of aromatic nitrogens is 2. The molecule has 0 radical (unpaired) electrons. The van der Waals surface area contributed by atoms with Crippen LogP contribution in [0.1, 0.15) is 6.92 Å². The molecular weight excluding hydrogens is 345 g/mol. The fraction of sp³-hybridized carbons (Fsp3) is 0.100. The summed E-state index contributed by atoms with van der Waals surface area (Å²) in [7, 11) is -4.37. The highest BCUT2D eigenvalue weighted by Crippen LogP contribution is 2.25. The lowest BCUT2D eigenvalue weighted by atomic mass is 10.3. The van der Waals surface area contributed by atoms with Crippen molar-refractivity contribution in [1.29, 1.82) is 0 Å². The van der Waals surface area contributed by atoms with E-state index >= 15 is 0 Å². The molecule has 12 heteroatoms. The first-order valence-electron chi connectivity index (χ1n) is 5.48. The van der Waals surface area contributed by atoms with Gasteiger partial charge in [0.1, 0.15) is 0 Å². The standard InChI is InChI=1S/C10H7F3N4O3S2/c1-4(18)14-9-15-16-10(21-9)22(19,20)17-6-3-2-5(11)7(12)8(6)13/h2-3,17H,1H3,(H,14,15,18). The number of hydrogen-bond donors (Lipinski definition) is 2. The zero-order valence-electron chi connectivity index (χ0n) is 10.7. The Kier molecular flexibility index (Phi) is 4.32. The second kappa shape index (κ2) is 5.88. The topological polar surface area (TPSA) is 101 Å².